The molecule has 0 fully saturated rings. The second kappa shape index (κ2) is 4.92. The fourth-order valence-corrected chi connectivity index (χ4v) is 1.85. The first-order valence-corrected chi connectivity index (χ1v) is 5.69. The van der Waals surface area contributed by atoms with E-state index >= 15 is 0 Å². The van der Waals surface area contributed by atoms with E-state index in [0.29, 0.717) is 12.2 Å². The first kappa shape index (κ1) is 11.5. The van der Waals surface area contributed by atoms with Gasteiger partial charge < -0.3 is 10.4 Å². The zero-order valence-electron chi connectivity index (χ0n) is 8.68. The lowest BCUT2D eigenvalue weighted by atomic mass is 10.2. The number of carboxylic acid groups (broad SMARTS) is 1. The number of hydrogen-bond acceptors (Lipinski definition) is 4. The number of aromatic carboxylic acids is 1. The first-order valence-electron chi connectivity index (χ1n) is 4.81. The number of anilines is 1. The molecule has 2 rings (SSSR count). The highest BCUT2D eigenvalue weighted by Gasteiger charge is 2.10. The number of carboxylic acids is 1. The van der Waals surface area contributed by atoms with Crippen molar-refractivity contribution in [2.45, 2.75) is 6.54 Å². The second-order valence-corrected chi connectivity index (χ2v) is 4.29. The summed E-state index contributed by atoms with van der Waals surface area (Å²) in [6.07, 6.45) is 1.72. The quantitative estimate of drug-likeness (QED) is 0.878. The molecular formula is C11H9FN2O2S. The second-order valence-electron chi connectivity index (χ2n) is 3.32. The molecule has 88 valence electrons. The Kier molecular flexibility index (Phi) is 3.34. The molecule has 0 atom stereocenters. The fraction of sp³-hybridized carbons (Fsp3) is 0.0909. The number of carbonyl (C=O) groups is 1. The van der Waals surface area contributed by atoms with Crippen LogP contribution in [0.1, 0.15) is 15.2 Å². The summed E-state index contributed by atoms with van der Waals surface area (Å²) < 4.78 is 13.1. The lowest BCUT2D eigenvalue weighted by Gasteiger charge is -2.06. The van der Waals surface area contributed by atoms with Crippen LogP contribution < -0.4 is 5.32 Å². The summed E-state index contributed by atoms with van der Waals surface area (Å²) in [6.45, 7) is 0.537. The van der Waals surface area contributed by atoms with Crippen molar-refractivity contribution in [3.8, 4) is 0 Å². The van der Waals surface area contributed by atoms with Gasteiger partial charge in [0.1, 0.15) is 5.82 Å². The summed E-state index contributed by atoms with van der Waals surface area (Å²) in [5.74, 6) is -2.01. The molecule has 0 aliphatic carbocycles. The third kappa shape index (κ3) is 2.79. The first-order chi connectivity index (χ1) is 8.16. The Bertz CT molecular complexity index is 528. The normalized spacial score (nSPS) is 10.2. The summed E-state index contributed by atoms with van der Waals surface area (Å²) in [4.78, 5) is 15.7. The SMILES string of the molecule is O=C(O)c1cc(NCc2cncs2)ccc1F. The van der Waals surface area contributed by atoms with Gasteiger partial charge in [-0.3, -0.25) is 4.98 Å². The number of nitrogens with one attached hydrogen (secondary N) is 1. The molecule has 0 radical (unpaired) electrons. The van der Waals surface area contributed by atoms with Gasteiger partial charge in [0.25, 0.3) is 0 Å². The van der Waals surface area contributed by atoms with E-state index in [1.807, 2.05) is 0 Å². The van der Waals surface area contributed by atoms with E-state index in [1.54, 1.807) is 11.7 Å². The summed E-state index contributed by atoms with van der Waals surface area (Å²) >= 11 is 1.49. The Morgan fingerprint density at radius 2 is 2.35 bits per heavy atom. The van der Waals surface area contributed by atoms with E-state index in [4.69, 9.17) is 5.11 Å². The molecule has 0 aliphatic rings. The van der Waals surface area contributed by atoms with Gasteiger partial charge in [-0.25, -0.2) is 9.18 Å². The highest BCUT2D eigenvalue weighted by molar-refractivity contribution is 7.09. The molecule has 0 saturated carbocycles. The lowest BCUT2D eigenvalue weighted by molar-refractivity contribution is 0.0692. The lowest BCUT2D eigenvalue weighted by Crippen LogP contribution is -2.03. The number of thiazole rings is 1. The average Bonchev–Trinajstić information content (AvgIpc) is 2.80. The van der Waals surface area contributed by atoms with Gasteiger partial charge in [0, 0.05) is 16.8 Å². The smallest absolute Gasteiger partial charge is 0.338 e. The molecule has 2 aromatic rings. The number of nitrogens with zero attached hydrogens (tertiary/aromatic N) is 1. The highest BCUT2D eigenvalue weighted by atomic mass is 32.1. The number of aromatic nitrogens is 1. The van der Waals surface area contributed by atoms with Gasteiger partial charge >= 0.3 is 5.97 Å². The molecule has 0 bridgehead atoms. The van der Waals surface area contributed by atoms with Crippen LogP contribution in [0, 0.1) is 5.82 Å². The summed E-state index contributed by atoms with van der Waals surface area (Å²) in [7, 11) is 0. The minimum absolute atomic E-state index is 0.334. The number of rotatable bonds is 4. The zero-order valence-corrected chi connectivity index (χ0v) is 9.50. The van der Waals surface area contributed by atoms with E-state index in [2.05, 4.69) is 10.3 Å². The van der Waals surface area contributed by atoms with Crippen LogP contribution in [0.15, 0.2) is 29.9 Å². The molecule has 0 saturated heterocycles. The molecule has 0 amide bonds. The third-order valence-corrected chi connectivity index (χ3v) is 2.93. The molecule has 1 aromatic heterocycles. The molecule has 2 N–H and O–H groups in total. The van der Waals surface area contributed by atoms with Gasteiger partial charge in [-0.05, 0) is 18.2 Å². The molecular weight excluding hydrogens is 243 g/mol. The van der Waals surface area contributed by atoms with E-state index in [1.165, 1.54) is 23.5 Å². The molecule has 4 nitrogen and oxygen atoms in total. The summed E-state index contributed by atoms with van der Waals surface area (Å²) in [6, 6.07) is 3.92. The standard InChI is InChI=1S/C11H9FN2O2S/c12-10-2-1-7(3-9(10)11(15)16)14-5-8-4-13-6-17-8/h1-4,6,14H,5H2,(H,15,16). The molecule has 0 aliphatic heterocycles. The molecule has 1 heterocycles. The van der Waals surface area contributed by atoms with Gasteiger partial charge in [0.15, 0.2) is 0 Å². The third-order valence-electron chi connectivity index (χ3n) is 2.15. The van der Waals surface area contributed by atoms with Gasteiger partial charge in [-0.1, -0.05) is 0 Å². The van der Waals surface area contributed by atoms with Crippen LogP contribution >= 0.6 is 11.3 Å². The predicted octanol–water partition coefficient (Wildman–Crippen LogP) is 2.59. The van der Waals surface area contributed by atoms with Crippen LogP contribution in [0.2, 0.25) is 0 Å². The van der Waals surface area contributed by atoms with E-state index < -0.39 is 11.8 Å². The van der Waals surface area contributed by atoms with E-state index in [0.717, 1.165) is 10.9 Å². The maximum Gasteiger partial charge on any atom is 0.338 e. The zero-order chi connectivity index (χ0) is 12.3. The van der Waals surface area contributed by atoms with Crippen LogP contribution in [-0.4, -0.2) is 16.1 Å². The number of halogens is 1. The van der Waals surface area contributed by atoms with Crippen molar-refractivity contribution in [3.05, 3.63) is 46.2 Å². The maximum absolute atomic E-state index is 13.1. The van der Waals surface area contributed by atoms with Crippen molar-refractivity contribution in [1.29, 1.82) is 0 Å². The molecule has 0 spiro atoms. The Labute approximate surface area is 101 Å². The van der Waals surface area contributed by atoms with Crippen molar-refractivity contribution in [2.24, 2.45) is 0 Å². The Balaban J connectivity index is 2.11. The van der Waals surface area contributed by atoms with E-state index in [-0.39, 0.29) is 5.56 Å². The van der Waals surface area contributed by atoms with E-state index in [9.17, 15) is 9.18 Å². The van der Waals surface area contributed by atoms with Gasteiger partial charge in [0.2, 0.25) is 0 Å². The average molecular weight is 252 g/mol. The Morgan fingerprint density at radius 3 is 3.00 bits per heavy atom. The minimum Gasteiger partial charge on any atom is -0.478 e. The topological polar surface area (TPSA) is 62.2 Å². The van der Waals surface area contributed by atoms with Crippen molar-refractivity contribution < 1.29 is 14.3 Å². The van der Waals surface area contributed by atoms with Gasteiger partial charge in [0.05, 0.1) is 17.6 Å². The maximum atomic E-state index is 13.1. The van der Waals surface area contributed by atoms with Crippen LogP contribution in [-0.2, 0) is 6.54 Å². The van der Waals surface area contributed by atoms with Crippen molar-refractivity contribution in [1.82, 2.24) is 4.98 Å². The molecule has 1 aromatic carbocycles. The van der Waals surface area contributed by atoms with Crippen molar-refractivity contribution in [2.75, 3.05) is 5.32 Å². The largest absolute Gasteiger partial charge is 0.478 e. The van der Waals surface area contributed by atoms with Gasteiger partial charge in [-0.15, -0.1) is 11.3 Å². The van der Waals surface area contributed by atoms with Crippen LogP contribution in [0.4, 0.5) is 10.1 Å². The van der Waals surface area contributed by atoms with Crippen LogP contribution in [0.25, 0.3) is 0 Å². The molecule has 17 heavy (non-hydrogen) atoms. The summed E-state index contributed by atoms with van der Waals surface area (Å²) in [5, 5.41) is 11.8. The molecule has 0 unspecified atom stereocenters. The Morgan fingerprint density at radius 1 is 1.53 bits per heavy atom. The Hall–Kier alpha value is -1.95. The van der Waals surface area contributed by atoms with Crippen molar-refractivity contribution in [3.63, 3.8) is 0 Å². The van der Waals surface area contributed by atoms with Crippen LogP contribution in [0.3, 0.4) is 0 Å². The predicted molar refractivity (Wildman–Crippen MR) is 62.8 cm³/mol. The fourth-order valence-electron chi connectivity index (χ4n) is 1.32. The monoisotopic (exact) mass is 252 g/mol. The molecule has 6 heteroatoms. The highest BCUT2D eigenvalue weighted by Crippen LogP contribution is 2.16. The van der Waals surface area contributed by atoms with Gasteiger partial charge in [-0.2, -0.15) is 0 Å². The number of hydrogen-bond donors (Lipinski definition) is 2. The minimum atomic E-state index is -1.27. The summed E-state index contributed by atoms with van der Waals surface area (Å²) in [5.41, 5.74) is 1.95. The van der Waals surface area contributed by atoms with Crippen LogP contribution in [0.5, 0.6) is 0 Å². The van der Waals surface area contributed by atoms with Crippen molar-refractivity contribution >= 4 is 23.0 Å². The number of benzene rings is 1.